The van der Waals surface area contributed by atoms with Crippen LogP contribution in [0.1, 0.15) is 11.1 Å². The van der Waals surface area contributed by atoms with Gasteiger partial charge in [0.05, 0.1) is 4.47 Å². The van der Waals surface area contributed by atoms with Crippen LogP contribution in [-0.4, -0.2) is 11.1 Å². The van der Waals surface area contributed by atoms with Crippen molar-refractivity contribution in [3.8, 4) is 11.5 Å². The van der Waals surface area contributed by atoms with E-state index in [1.54, 1.807) is 6.07 Å². The zero-order chi connectivity index (χ0) is 15.4. The summed E-state index contributed by atoms with van der Waals surface area (Å²) in [4.78, 5) is 10.6. The highest BCUT2D eigenvalue weighted by atomic mass is 79.9. The molecular formula is C16H12BrFO3. The lowest BCUT2D eigenvalue weighted by Gasteiger charge is -2.11. The number of hydrogen-bond donors (Lipinski definition) is 1. The highest BCUT2D eigenvalue weighted by Crippen LogP contribution is 2.32. The summed E-state index contributed by atoms with van der Waals surface area (Å²) in [6.07, 6.45) is 2.50. The fourth-order valence-electron chi connectivity index (χ4n) is 1.73. The summed E-state index contributed by atoms with van der Waals surface area (Å²) in [5.41, 5.74) is 1.61. The number of benzene rings is 2. The molecule has 0 amide bonds. The SMILES string of the molecule is Cc1ccc(Oc2ccc(F)cc2Br)c(/C=C/C(=O)O)c1. The summed E-state index contributed by atoms with van der Waals surface area (Å²) in [5, 5.41) is 8.72. The van der Waals surface area contributed by atoms with Crippen LogP contribution >= 0.6 is 15.9 Å². The zero-order valence-electron chi connectivity index (χ0n) is 11.1. The van der Waals surface area contributed by atoms with Crippen LogP contribution < -0.4 is 4.74 Å². The summed E-state index contributed by atoms with van der Waals surface area (Å²) in [6, 6.07) is 9.50. The maximum atomic E-state index is 13.1. The Morgan fingerprint density at radius 2 is 1.95 bits per heavy atom. The Morgan fingerprint density at radius 1 is 1.24 bits per heavy atom. The molecule has 0 aromatic heterocycles. The second kappa shape index (κ2) is 6.54. The summed E-state index contributed by atoms with van der Waals surface area (Å²) >= 11 is 3.23. The van der Waals surface area contributed by atoms with Gasteiger partial charge in [0, 0.05) is 11.6 Å². The summed E-state index contributed by atoms with van der Waals surface area (Å²) in [5.74, 6) is -0.467. The summed E-state index contributed by atoms with van der Waals surface area (Å²) in [6.45, 7) is 1.90. The molecule has 0 aliphatic rings. The van der Waals surface area contributed by atoms with E-state index in [4.69, 9.17) is 9.84 Å². The monoisotopic (exact) mass is 350 g/mol. The molecule has 0 fully saturated rings. The predicted molar refractivity (Wildman–Crippen MR) is 82.0 cm³/mol. The molecule has 1 N–H and O–H groups in total. The molecule has 3 nitrogen and oxygen atoms in total. The molecule has 5 heteroatoms. The van der Waals surface area contributed by atoms with Crippen molar-refractivity contribution in [2.24, 2.45) is 0 Å². The number of ether oxygens (including phenoxy) is 1. The fraction of sp³-hybridized carbons (Fsp3) is 0.0625. The Bertz CT molecular complexity index is 711. The number of carbonyl (C=O) groups is 1. The number of halogens is 2. The van der Waals surface area contributed by atoms with E-state index in [9.17, 15) is 9.18 Å². The molecule has 0 heterocycles. The Hall–Kier alpha value is -2.14. The quantitative estimate of drug-likeness (QED) is 0.806. The Kier molecular flexibility index (Phi) is 4.75. The standard InChI is InChI=1S/C16H12BrFO3/c1-10-2-5-14(11(8-10)3-7-16(19)20)21-15-6-4-12(18)9-13(15)17/h2-9H,1H3,(H,19,20)/b7-3+. The maximum Gasteiger partial charge on any atom is 0.328 e. The molecule has 0 bridgehead atoms. The molecule has 2 aromatic carbocycles. The third-order valence-corrected chi connectivity index (χ3v) is 3.30. The van der Waals surface area contributed by atoms with E-state index >= 15 is 0 Å². The van der Waals surface area contributed by atoms with Gasteiger partial charge in [-0.15, -0.1) is 0 Å². The molecule has 0 spiro atoms. The van der Waals surface area contributed by atoms with Gasteiger partial charge in [0.1, 0.15) is 17.3 Å². The van der Waals surface area contributed by atoms with Gasteiger partial charge in [0.2, 0.25) is 0 Å². The predicted octanol–water partition coefficient (Wildman–Crippen LogP) is 4.79. The molecule has 2 aromatic rings. The molecule has 0 saturated carbocycles. The van der Waals surface area contributed by atoms with Crippen molar-refractivity contribution in [1.82, 2.24) is 0 Å². The van der Waals surface area contributed by atoms with Crippen LogP contribution in [0.4, 0.5) is 4.39 Å². The third-order valence-electron chi connectivity index (χ3n) is 2.68. The van der Waals surface area contributed by atoms with Gasteiger partial charge in [-0.2, -0.15) is 0 Å². The number of hydrogen-bond acceptors (Lipinski definition) is 2. The average molecular weight is 351 g/mol. The minimum Gasteiger partial charge on any atom is -0.478 e. The summed E-state index contributed by atoms with van der Waals surface area (Å²) in [7, 11) is 0. The second-order valence-corrected chi connectivity index (χ2v) is 5.24. The largest absolute Gasteiger partial charge is 0.478 e. The summed E-state index contributed by atoms with van der Waals surface area (Å²) < 4.78 is 19.3. The van der Waals surface area contributed by atoms with E-state index in [-0.39, 0.29) is 5.82 Å². The minimum atomic E-state index is -1.04. The Balaban J connectivity index is 2.37. The van der Waals surface area contributed by atoms with Crippen molar-refractivity contribution < 1.29 is 19.0 Å². The lowest BCUT2D eigenvalue weighted by atomic mass is 10.1. The molecule has 0 saturated heterocycles. The van der Waals surface area contributed by atoms with E-state index in [0.717, 1.165) is 11.6 Å². The van der Waals surface area contributed by atoms with Gasteiger partial charge in [0.25, 0.3) is 0 Å². The number of aliphatic carboxylic acids is 1. The van der Waals surface area contributed by atoms with Gasteiger partial charge in [-0.3, -0.25) is 0 Å². The highest BCUT2D eigenvalue weighted by molar-refractivity contribution is 9.10. The van der Waals surface area contributed by atoms with Crippen LogP contribution in [0.3, 0.4) is 0 Å². The maximum absolute atomic E-state index is 13.1. The second-order valence-electron chi connectivity index (χ2n) is 4.39. The van der Waals surface area contributed by atoms with Crippen molar-refractivity contribution in [2.75, 3.05) is 0 Å². The molecule has 0 unspecified atom stereocenters. The van der Waals surface area contributed by atoms with Gasteiger partial charge >= 0.3 is 5.97 Å². The van der Waals surface area contributed by atoms with E-state index in [0.29, 0.717) is 21.5 Å². The average Bonchev–Trinajstić information content (AvgIpc) is 2.41. The molecule has 0 aliphatic carbocycles. The van der Waals surface area contributed by atoms with Crippen LogP contribution in [0, 0.1) is 12.7 Å². The minimum absolute atomic E-state index is 0.371. The molecule has 2 rings (SSSR count). The molecule has 0 atom stereocenters. The zero-order valence-corrected chi connectivity index (χ0v) is 12.7. The Labute approximate surface area is 129 Å². The van der Waals surface area contributed by atoms with Crippen LogP contribution in [0.15, 0.2) is 46.9 Å². The molecule has 108 valence electrons. The van der Waals surface area contributed by atoms with Gasteiger partial charge in [-0.1, -0.05) is 11.6 Å². The van der Waals surface area contributed by atoms with Crippen molar-refractivity contribution >= 4 is 28.0 Å². The smallest absolute Gasteiger partial charge is 0.328 e. The first-order valence-electron chi connectivity index (χ1n) is 6.10. The lowest BCUT2D eigenvalue weighted by molar-refractivity contribution is -0.131. The number of aryl methyl sites for hydroxylation is 1. The van der Waals surface area contributed by atoms with Gasteiger partial charge in [-0.25, -0.2) is 9.18 Å². The highest BCUT2D eigenvalue weighted by Gasteiger charge is 2.07. The first-order chi connectivity index (χ1) is 9.95. The van der Waals surface area contributed by atoms with Crippen molar-refractivity contribution in [3.63, 3.8) is 0 Å². The van der Waals surface area contributed by atoms with Crippen molar-refractivity contribution in [3.05, 3.63) is 63.9 Å². The topological polar surface area (TPSA) is 46.5 Å². The van der Waals surface area contributed by atoms with Crippen molar-refractivity contribution in [1.29, 1.82) is 0 Å². The van der Waals surface area contributed by atoms with Crippen LogP contribution in [0.2, 0.25) is 0 Å². The molecule has 21 heavy (non-hydrogen) atoms. The number of carboxylic acid groups (broad SMARTS) is 1. The molecule has 0 aliphatic heterocycles. The van der Waals surface area contributed by atoms with Crippen LogP contribution in [0.25, 0.3) is 6.08 Å². The van der Waals surface area contributed by atoms with E-state index in [1.165, 1.54) is 24.3 Å². The first-order valence-corrected chi connectivity index (χ1v) is 6.89. The van der Waals surface area contributed by atoms with Crippen molar-refractivity contribution in [2.45, 2.75) is 6.92 Å². The number of rotatable bonds is 4. The van der Waals surface area contributed by atoms with Gasteiger partial charge in [0.15, 0.2) is 0 Å². The van der Waals surface area contributed by atoms with Crippen LogP contribution in [-0.2, 0) is 4.79 Å². The lowest BCUT2D eigenvalue weighted by Crippen LogP contribution is -1.91. The molecular weight excluding hydrogens is 339 g/mol. The van der Waals surface area contributed by atoms with E-state index in [2.05, 4.69) is 15.9 Å². The fourth-order valence-corrected chi connectivity index (χ4v) is 2.16. The van der Waals surface area contributed by atoms with E-state index < -0.39 is 5.97 Å². The normalized spacial score (nSPS) is 10.8. The molecule has 0 radical (unpaired) electrons. The first kappa shape index (κ1) is 15.3. The van der Waals surface area contributed by atoms with Gasteiger partial charge in [-0.05, 0) is 59.3 Å². The van der Waals surface area contributed by atoms with Gasteiger partial charge < -0.3 is 9.84 Å². The number of carboxylic acids is 1. The third kappa shape index (κ3) is 4.16. The Morgan fingerprint density at radius 3 is 2.62 bits per heavy atom. The van der Waals surface area contributed by atoms with Crippen LogP contribution in [0.5, 0.6) is 11.5 Å². The van der Waals surface area contributed by atoms with E-state index in [1.807, 2.05) is 19.1 Å².